The molecule has 1 amide bonds. The highest BCUT2D eigenvalue weighted by molar-refractivity contribution is 6.01. The lowest BCUT2D eigenvalue weighted by atomic mass is 10.1. The molecule has 1 aromatic rings. The minimum absolute atomic E-state index is 0.0351. The molecule has 2 N–H and O–H groups in total. The average molecular weight is 321 g/mol. The van der Waals surface area contributed by atoms with Crippen molar-refractivity contribution < 1.29 is 24.2 Å². The van der Waals surface area contributed by atoms with Crippen molar-refractivity contribution in [1.82, 2.24) is 0 Å². The Morgan fingerprint density at radius 2 is 2.22 bits per heavy atom. The first kappa shape index (κ1) is 17.4. The fraction of sp³-hybridized carbons (Fsp3) is 0.529. The van der Waals surface area contributed by atoms with Gasteiger partial charge in [0.1, 0.15) is 6.10 Å². The van der Waals surface area contributed by atoms with Crippen LogP contribution in [0, 0.1) is 6.92 Å². The van der Waals surface area contributed by atoms with E-state index in [1.165, 1.54) is 6.07 Å². The standard InChI is InChI=1S/C17H23NO5/c1-11-6-7-15(14(9-11)17(20)21)18-16(19)12(2)23-10-13-5-3-4-8-22-13/h6-7,9,12-13H,3-5,8,10H2,1-2H3,(H,18,19)(H,20,21). The Hall–Kier alpha value is -1.92. The number of carbonyl (C=O) groups excluding carboxylic acids is 1. The van der Waals surface area contributed by atoms with Crippen LogP contribution < -0.4 is 5.32 Å². The molecule has 23 heavy (non-hydrogen) atoms. The molecule has 1 heterocycles. The third kappa shape index (κ3) is 5.04. The molecular formula is C17H23NO5. The molecule has 2 atom stereocenters. The topological polar surface area (TPSA) is 84.9 Å². The van der Waals surface area contributed by atoms with Crippen LogP contribution in [0.1, 0.15) is 42.1 Å². The van der Waals surface area contributed by atoms with Gasteiger partial charge >= 0.3 is 5.97 Å². The van der Waals surface area contributed by atoms with Crippen LogP contribution in [0.15, 0.2) is 18.2 Å². The molecule has 0 radical (unpaired) electrons. The first-order chi connectivity index (χ1) is 11.0. The zero-order chi connectivity index (χ0) is 16.8. The van der Waals surface area contributed by atoms with Crippen LogP contribution in [0.4, 0.5) is 5.69 Å². The molecular weight excluding hydrogens is 298 g/mol. The van der Waals surface area contributed by atoms with Crippen molar-refractivity contribution in [2.75, 3.05) is 18.5 Å². The lowest BCUT2D eigenvalue weighted by molar-refractivity contribution is -0.130. The molecule has 0 aromatic heterocycles. The third-order valence-corrected chi connectivity index (χ3v) is 3.84. The fourth-order valence-electron chi connectivity index (χ4n) is 2.44. The summed E-state index contributed by atoms with van der Waals surface area (Å²) < 4.78 is 11.1. The van der Waals surface area contributed by atoms with E-state index < -0.39 is 12.1 Å². The third-order valence-electron chi connectivity index (χ3n) is 3.84. The molecule has 1 aliphatic heterocycles. The molecule has 0 bridgehead atoms. The number of amides is 1. The van der Waals surface area contributed by atoms with E-state index in [1.807, 2.05) is 0 Å². The van der Waals surface area contributed by atoms with Gasteiger partial charge < -0.3 is 19.9 Å². The highest BCUT2D eigenvalue weighted by Gasteiger charge is 2.20. The molecule has 0 saturated carbocycles. The summed E-state index contributed by atoms with van der Waals surface area (Å²) in [6.45, 7) is 4.55. The minimum Gasteiger partial charge on any atom is -0.478 e. The van der Waals surface area contributed by atoms with Crippen LogP contribution in [0.2, 0.25) is 0 Å². The van der Waals surface area contributed by atoms with Crippen molar-refractivity contribution in [3.05, 3.63) is 29.3 Å². The van der Waals surface area contributed by atoms with Gasteiger partial charge in [0, 0.05) is 6.61 Å². The molecule has 1 aliphatic rings. The van der Waals surface area contributed by atoms with Crippen molar-refractivity contribution in [2.45, 2.75) is 45.3 Å². The smallest absolute Gasteiger partial charge is 0.337 e. The van der Waals surface area contributed by atoms with Gasteiger partial charge in [0.15, 0.2) is 0 Å². The number of benzene rings is 1. The molecule has 126 valence electrons. The summed E-state index contributed by atoms with van der Waals surface area (Å²) >= 11 is 0. The average Bonchev–Trinajstić information content (AvgIpc) is 2.55. The summed E-state index contributed by atoms with van der Waals surface area (Å²) in [7, 11) is 0. The summed E-state index contributed by atoms with van der Waals surface area (Å²) in [6.07, 6.45) is 2.48. The Kier molecular flexibility index (Phi) is 6.12. The van der Waals surface area contributed by atoms with E-state index in [0.29, 0.717) is 6.61 Å². The van der Waals surface area contributed by atoms with Gasteiger partial charge in [-0.25, -0.2) is 4.79 Å². The van der Waals surface area contributed by atoms with Crippen LogP contribution in [0.5, 0.6) is 0 Å². The van der Waals surface area contributed by atoms with E-state index in [4.69, 9.17) is 9.47 Å². The lowest BCUT2D eigenvalue weighted by Gasteiger charge is -2.24. The Bertz CT molecular complexity index is 566. The summed E-state index contributed by atoms with van der Waals surface area (Å²) in [4.78, 5) is 23.4. The fourth-order valence-corrected chi connectivity index (χ4v) is 2.44. The highest BCUT2D eigenvalue weighted by atomic mass is 16.5. The van der Waals surface area contributed by atoms with E-state index in [1.54, 1.807) is 26.0 Å². The van der Waals surface area contributed by atoms with Gasteiger partial charge in [-0.1, -0.05) is 11.6 Å². The van der Waals surface area contributed by atoms with Gasteiger partial charge in [-0.05, 0) is 45.2 Å². The largest absolute Gasteiger partial charge is 0.478 e. The van der Waals surface area contributed by atoms with Crippen LogP contribution in [-0.2, 0) is 14.3 Å². The van der Waals surface area contributed by atoms with E-state index in [2.05, 4.69) is 5.32 Å². The molecule has 2 unspecified atom stereocenters. The zero-order valence-electron chi connectivity index (χ0n) is 13.5. The van der Waals surface area contributed by atoms with Crippen LogP contribution in [0.25, 0.3) is 0 Å². The summed E-state index contributed by atoms with van der Waals surface area (Å²) in [5.41, 5.74) is 1.16. The number of rotatable bonds is 6. The summed E-state index contributed by atoms with van der Waals surface area (Å²) in [5, 5.41) is 11.8. The Balaban J connectivity index is 1.91. The molecule has 2 rings (SSSR count). The quantitative estimate of drug-likeness (QED) is 0.841. The number of carboxylic acid groups (broad SMARTS) is 1. The number of aromatic carboxylic acids is 1. The van der Waals surface area contributed by atoms with Crippen LogP contribution in [0.3, 0.4) is 0 Å². The van der Waals surface area contributed by atoms with Gasteiger partial charge in [0.05, 0.1) is 24.0 Å². The Labute approximate surface area is 135 Å². The number of aryl methyl sites for hydroxylation is 1. The number of hydrogen-bond donors (Lipinski definition) is 2. The normalized spacial score (nSPS) is 19.1. The zero-order valence-corrected chi connectivity index (χ0v) is 13.5. The lowest BCUT2D eigenvalue weighted by Crippen LogP contribution is -2.33. The second-order valence-corrected chi connectivity index (χ2v) is 5.81. The Morgan fingerprint density at radius 1 is 1.43 bits per heavy atom. The van der Waals surface area contributed by atoms with Gasteiger partial charge in [0.25, 0.3) is 5.91 Å². The van der Waals surface area contributed by atoms with Crippen molar-refractivity contribution in [3.8, 4) is 0 Å². The predicted molar refractivity (Wildman–Crippen MR) is 85.8 cm³/mol. The molecule has 6 heteroatoms. The summed E-state index contributed by atoms with van der Waals surface area (Å²) in [6, 6.07) is 4.87. The van der Waals surface area contributed by atoms with Crippen LogP contribution >= 0.6 is 0 Å². The number of ether oxygens (including phenoxy) is 2. The number of nitrogens with one attached hydrogen (secondary N) is 1. The molecule has 1 fully saturated rings. The maximum absolute atomic E-state index is 12.2. The van der Waals surface area contributed by atoms with Gasteiger partial charge in [-0.3, -0.25) is 4.79 Å². The predicted octanol–water partition coefficient (Wildman–Crippen LogP) is 2.61. The minimum atomic E-state index is -1.08. The van der Waals surface area contributed by atoms with E-state index in [-0.39, 0.29) is 23.3 Å². The molecule has 1 saturated heterocycles. The SMILES string of the molecule is Cc1ccc(NC(=O)C(C)OCC2CCCCO2)c(C(=O)O)c1. The second-order valence-electron chi connectivity index (χ2n) is 5.81. The van der Waals surface area contributed by atoms with Gasteiger partial charge in [0.2, 0.25) is 0 Å². The van der Waals surface area contributed by atoms with E-state index in [9.17, 15) is 14.7 Å². The van der Waals surface area contributed by atoms with Crippen molar-refractivity contribution in [3.63, 3.8) is 0 Å². The van der Waals surface area contributed by atoms with Crippen molar-refractivity contribution in [2.24, 2.45) is 0 Å². The van der Waals surface area contributed by atoms with Gasteiger partial charge in [-0.15, -0.1) is 0 Å². The highest BCUT2D eigenvalue weighted by Crippen LogP contribution is 2.18. The molecule has 0 spiro atoms. The van der Waals surface area contributed by atoms with Crippen molar-refractivity contribution in [1.29, 1.82) is 0 Å². The van der Waals surface area contributed by atoms with Crippen LogP contribution in [-0.4, -0.2) is 42.4 Å². The molecule has 1 aromatic carbocycles. The maximum Gasteiger partial charge on any atom is 0.337 e. The monoisotopic (exact) mass is 321 g/mol. The van der Waals surface area contributed by atoms with Gasteiger partial charge in [-0.2, -0.15) is 0 Å². The molecule has 6 nitrogen and oxygen atoms in total. The molecule has 0 aliphatic carbocycles. The Morgan fingerprint density at radius 3 is 2.87 bits per heavy atom. The maximum atomic E-state index is 12.2. The number of carboxylic acids is 1. The van der Waals surface area contributed by atoms with Crippen molar-refractivity contribution >= 4 is 17.6 Å². The van der Waals surface area contributed by atoms with E-state index in [0.717, 1.165) is 31.4 Å². The summed E-state index contributed by atoms with van der Waals surface area (Å²) in [5.74, 6) is -1.44. The number of carbonyl (C=O) groups is 2. The number of hydrogen-bond acceptors (Lipinski definition) is 4. The number of anilines is 1. The van der Waals surface area contributed by atoms with E-state index >= 15 is 0 Å². The first-order valence-corrected chi connectivity index (χ1v) is 7.85. The second kappa shape index (κ2) is 8.08. The first-order valence-electron chi connectivity index (χ1n) is 7.85.